The van der Waals surface area contributed by atoms with Crippen LogP contribution in [0.1, 0.15) is 16.3 Å². The molecule has 0 unspecified atom stereocenters. The summed E-state index contributed by atoms with van der Waals surface area (Å²) < 4.78 is 16.4. The van der Waals surface area contributed by atoms with Gasteiger partial charge in [0.05, 0.1) is 23.8 Å². The van der Waals surface area contributed by atoms with E-state index in [-0.39, 0.29) is 29.5 Å². The Bertz CT molecular complexity index is 1260. The number of nitrogens with one attached hydrogen (secondary N) is 1. The third-order valence-electron chi connectivity index (χ3n) is 4.58. The van der Waals surface area contributed by atoms with Crippen LogP contribution in [0.5, 0.6) is 11.5 Å². The zero-order chi connectivity index (χ0) is 21.8. The molecule has 0 saturated carbocycles. The van der Waals surface area contributed by atoms with E-state index in [2.05, 4.69) is 5.32 Å². The summed E-state index contributed by atoms with van der Waals surface area (Å²) in [5, 5.41) is 15.8. The predicted molar refractivity (Wildman–Crippen MR) is 115 cm³/mol. The molecule has 1 N–H and O–H groups in total. The lowest BCUT2D eigenvalue weighted by Gasteiger charge is -2.07. The number of carbonyl (C=O) groups is 1. The van der Waals surface area contributed by atoms with Crippen LogP contribution in [-0.2, 0) is 6.61 Å². The number of hydrogen-bond acceptors (Lipinski definition) is 6. The fourth-order valence-electron chi connectivity index (χ4n) is 3.06. The maximum atomic E-state index is 12.5. The quantitative estimate of drug-likeness (QED) is 0.328. The van der Waals surface area contributed by atoms with Crippen molar-refractivity contribution in [3.8, 4) is 11.5 Å². The van der Waals surface area contributed by atoms with E-state index < -0.39 is 10.8 Å². The van der Waals surface area contributed by atoms with Crippen LogP contribution >= 0.6 is 0 Å². The van der Waals surface area contributed by atoms with E-state index in [1.807, 2.05) is 42.5 Å². The first-order valence-corrected chi connectivity index (χ1v) is 9.37. The highest BCUT2D eigenvalue weighted by atomic mass is 16.6. The van der Waals surface area contributed by atoms with Gasteiger partial charge in [0.1, 0.15) is 23.9 Å². The molecule has 3 aromatic carbocycles. The van der Waals surface area contributed by atoms with Crippen LogP contribution in [0.2, 0.25) is 0 Å². The molecule has 0 aliphatic rings. The lowest BCUT2D eigenvalue weighted by Crippen LogP contribution is -2.11. The summed E-state index contributed by atoms with van der Waals surface area (Å²) >= 11 is 0. The number of anilines is 1. The van der Waals surface area contributed by atoms with Crippen LogP contribution in [0.25, 0.3) is 10.8 Å². The zero-order valence-electron chi connectivity index (χ0n) is 16.5. The molecule has 0 fully saturated rings. The van der Waals surface area contributed by atoms with Gasteiger partial charge in [0.25, 0.3) is 11.6 Å². The average molecular weight is 418 g/mol. The van der Waals surface area contributed by atoms with Gasteiger partial charge >= 0.3 is 0 Å². The summed E-state index contributed by atoms with van der Waals surface area (Å²) in [6, 6.07) is 20.9. The van der Waals surface area contributed by atoms with Crippen molar-refractivity contribution in [1.29, 1.82) is 0 Å². The van der Waals surface area contributed by atoms with Crippen LogP contribution in [0, 0.1) is 10.1 Å². The van der Waals surface area contributed by atoms with Gasteiger partial charge in [0.2, 0.25) is 0 Å². The third kappa shape index (κ3) is 4.64. The van der Waals surface area contributed by atoms with Crippen molar-refractivity contribution in [2.75, 3.05) is 12.4 Å². The number of amides is 1. The third-order valence-corrected chi connectivity index (χ3v) is 4.58. The number of nitrogens with zero attached hydrogens (tertiary/aromatic N) is 1. The van der Waals surface area contributed by atoms with Crippen LogP contribution in [0.3, 0.4) is 0 Å². The zero-order valence-corrected chi connectivity index (χ0v) is 16.5. The van der Waals surface area contributed by atoms with Gasteiger partial charge in [-0.3, -0.25) is 14.9 Å². The van der Waals surface area contributed by atoms with Gasteiger partial charge in [0, 0.05) is 12.1 Å². The fourth-order valence-corrected chi connectivity index (χ4v) is 3.06. The first kappa shape index (κ1) is 20.0. The number of furan rings is 1. The van der Waals surface area contributed by atoms with Crippen LogP contribution in [0.15, 0.2) is 77.2 Å². The Balaban J connectivity index is 1.42. The summed E-state index contributed by atoms with van der Waals surface area (Å²) in [5.74, 6) is 0.926. The molecule has 8 nitrogen and oxygen atoms in total. The number of rotatable bonds is 7. The monoisotopic (exact) mass is 418 g/mol. The SMILES string of the molecule is COc1cc(NC(=O)c2ccc(COc3ccc4ccccc4c3)o2)cc([N+](=O)[O-])c1. The number of benzene rings is 3. The highest BCUT2D eigenvalue weighted by Crippen LogP contribution is 2.26. The Morgan fingerprint density at radius 3 is 2.58 bits per heavy atom. The maximum Gasteiger partial charge on any atom is 0.291 e. The Morgan fingerprint density at radius 2 is 1.81 bits per heavy atom. The number of non-ortho nitro benzene ring substituents is 1. The molecule has 0 atom stereocenters. The standard InChI is InChI=1S/C23H18N2O6/c1-29-21-12-17(11-18(13-21)25(27)28)24-23(26)22-9-8-20(31-22)14-30-19-7-6-15-4-2-3-5-16(15)10-19/h2-13H,14H2,1H3,(H,24,26). The van der Waals surface area contributed by atoms with E-state index in [0.717, 1.165) is 10.8 Å². The van der Waals surface area contributed by atoms with Crippen molar-refractivity contribution in [3.05, 3.63) is 94.4 Å². The Kier molecular flexibility index (Phi) is 5.53. The topological polar surface area (TPSA) is 104 Å². The molecule has 4 rings (SSSR count). The second-order valence-electron chi connectivity index (χ2n) is 6.69. The van der Waals surface area contributed by atoms with Gasteiger partial charge in [-0.15, -0.1) is 0 Å². The predicted octanol–water partition coefficient (Wildman–Crippen LogP) is 5.18. The van der Waals surface area contributed by atoms with Gasteiger partial charge in [-0.25, -0.2) is 0 Å². The number of nitro groups is 1. The molecular formula is C23H18N2O6. The van der Waals surface area contributed by atoms with Gasteiger partial charge in [-0.2, -0.15) is 0 Å². The number of fused-ring (bicyclic) bond motifs is 1. The van der Waals surface area contributed by atoms with Crippen molar-refractivity contribution >= 4 is 28.1 Å². The molecule has 156 valence electrons. The van der Waals surface area contributed by atoms with E-state index in [1.165, 1.54) is 31.4 Å². The van der Waals surface area contributed by atoms with Crippen LogP contribution < -0.4 is 14.8 Å². The molecule has 0 aliphatic carbocycles. The molecule has 0 saturated heterocycles. The number of methoxy groups -OCH3 is 1. The molecule has 0 spiro atoms. The molecule has 0 aliphatic heterocycles. The molecule has 1 amide bonds. The number of carbonyl (C=O) groups excluding carboxylic acids is 1. The molecule has 1 aromatic heterocycles. The van der Waals surface area contributed by atoms with Crippen LogP contribution in [-0.4, -0.2) is 17.9 Å². The van der Waals surface area contributed by atoms with Crippen LogP contribution in [0.4, 0.5) is 11.4 Å². The second kappa shape index (κ2) is 8.58. The van der Waals surface area contributed by atoms with E-state index in [1.54, 1.807) is 6.07 Å². The second-order valence-corrected chi connectivity index (χ2v) is 6.69. The van der Waals surface area contributed by atoms with E-state index in [0.29, 0.717) is 11.5 Å². The first-order chi connectivity index (χ1) is 15.0. The maximum absolute atomic E-state index is 12.5. The first-order valence-electron chi connectivity index (χ1n) is 9.37. The minimum absolute atomic E-state index is 0.0579. The Labute approximate surface area is 177 Å². The molecule has 1 heterocycles. The van der Waals surface area contributed by atoms with Gasteiger partial charge < -0.3 is 19.2 Å². The van der Waals surface area contributed by atoms with Crippen molar-refractivity contribution in [1.82, 2.24) is 0 Å². The lowest BCUT2D eigenvalue weighted by atomic mass is 10.1. The van der Waals surface area contributed by atoms with Crippen molar-refractivity contribution in [2.24, 2.45) is 0 Å². The Hall–Kier alpha value is -4.33. The summed E-state index contributed by atoms with van der Waals surface area (Å²) in [6.07, 6.45) is 0. The van der Waals surface area contributed by atoms with Gasteiger partial charge in [-0.1, -0.05) is 30.3 Å². The summed E-state index contributed by atoms with van der Waals surface area (Å²) in [5.41, 5.74) is 0.0278. The molecular weight excluding hydrogens is 400 g/mol. The van der Waals surface area contributed by atoms with E-state index in [9.17, 15) is 14.9 Å². The molecule has 0 radical (unpaired) electrons. The lowest BCUT2D eigenvalue weighted by molar-refractivity contribution is -0.384. The molecule has 8 heteroatoms. The normalized spacial score (nSPS) is 10.6. The number of hydrogen-bond donors (Lipinski definition) is 1. The number of nitro benzene ring substituents is 1. The number of ether oxygens (including phenoxy) is 2. The Morgan fingerprint density at radius 1 is 1.00 bits per heavy atom. The van der Waals surface area contributed by atoms with E-state index >= 15 is 0 Å². The minimum Gasteiger partial charge on any atom is -0.496 e. The molecule has 31 heavy (non-hydrogen) atoms. The van der Waals surface area contributed by atoms with Gasteiger partial charge in [0.15, 0.2) is 5.76 Å². The average Bonchev–Trinajstić information content (AvgIpc) is 3.26. The summed E-state index contributed by atoms with van der Waals surface area (Å²) in [7, 11) is 1.39. The molecule has 0 bridgehead atoms. The smallest absolute Gasteiger partial charge is 0.291 e. The largest absolute Gasteiger partial charge is 0.496 e. The van der Waals surface area contributed by atoms with Gasteiger partial charge in [-0.05, 0) is 35.0 Å². The van der Waals surface area contributed by atoms with Crippen molar-refractivity contribution < 1.29 is 23.6 Å². The summed E-state index contributed by atoms with van der Waals surface area (Å²) in [6.45, 7) is 0.149. The fraction of sp³-hybridized carbons (Fsp3) is 0.0870. The molecule has 4 aromatic rings. The van der Waals surface area contributed by atoms with Crippen molar-refractivity contribution in [3.63, 3.8) is 0 Å². The van der Waals surface area contributed by atoms with E-state index in [4.69, 9.17) is 13.9 Å². The highest BCUT2D eigenvalue weighted by Gasteiger charge is 2.16. The highest BCUT2D eigenvalue weighted by molar-refractivity contribution is 6.02. The summed E-state index contributed by atoms with van der Waals surface area (Å²) in [4.78, 5) is 23.0. The van der Waals surface area contributed by atoms with Crippen molar-refractivity contribution in [2.45, 2.75) is 6.61 Å². The minimum atomic E-state index is -0.562.